The maximum atomic E-state index is 12.5. The Morgan fingerprint density at radius 3 is 1.97 bits per heavy atom. The third-order valence-electron chi connectivity index (χ3n) is 5.02. The van der Waals surface area contributed by atoms with E-state index in [1.54, 1.807) is 12.1 Å². The number of hydrogen-bond donors (Lipinski definition) is 1. The van der Waals surface area contributed by atoms with Crippen molar-refractivity contribution < 1.29 is 21.7 Å². The summed E-state index contributed by atoms with van der Waals surface area (Å²) in [4.78, 5) is 2.06. The molecule has 7 nitrogen and oxygen atoms in total. The van der Waals surface area contributed by atoms with Crippen LogP contribution in [0.5, 0.6) is 0 Å². The molecule has 0 aliphatic rings. The summed E-state index contributed by atoms with van der Waals surface area (Å²) in [6.07, 6.45) is 0.673. The van der Waals surface area contributed by atoms with E-state index in [2.05, 4.69) is 0 Å². The number of nitrogens with two attached hydrogens (primary N) is 1. The molecule has 0 aromatic heterocycles. The summed E-state index contributed by atoms with van der Waals surface area (Å²) >= 11 is 0. The van der Waals surface area contributed by atoms with Crippen LogP contribution in [0.25, 0.3) is 10.8 Å². The van der Waals surface area contributed by atoms with Crippen LogP contribution in [0.2, 0.25) is 0 Å². The molecule has 0 saturated heterocycles. The van der Waals surface area contributed by atoms with Crippen molar-refractivity contribution in [3.63, 3.8) is 0 Å². The lowest BCUT2D eigenvalue weighted by atomic mass is 10.0. The molecule has 9 heteroatoms. The fourth-order valence-electron chi connectivity index (χ4n) is 3.90. The summed E-state index contributed by atoms with van der Waals surface area (Å²) in [5, 5.41) is 7.03. The monoisotopic (exact) mass is 454 g/mol. The van der Waals surface area contributed by atoms with Crippen molar-refractivity contribution in [2.75, 3.05) is 38.8 Å². The number of fused-ring (bicyclic) bond motifs is 1. The predicted molar refractivity (Wildman–Crippen MR) is 123 cm³/mol. The summed E-state index contributed by atoms with van der Waals surface area (Å²) in [5.41, 5.74) is 1.48. The minimum Gasteiger partial charge on any atom is -0.377 e. The Bertz CT molecular complexity index is 948. The number of rotatable bonds is 11. The third-order valence-corrected chi connectivity index (χ3v) is 9.64. The van der Waals surface area contributed by atoms with Crippen LogP contribution in [0.3, 0.4) is 0 Å². The van der Waals surface area contributed by atoms with E-state index in [9.17, 15) is 8.42 Å². The van der Waals surface area contributed by atoms with E-state index in [1.807, 2.05) is 64.9 Å². The molecule has 0 bridgehead atoms. The Morgan fingerprint density at radius 1 is 0.967 bits per heavy atom. The summed E-state index contributed by atoms with van der Waals surface area (Å²) < 4.78 is 43.4. The molecule has 2 aromatic carbocycles. The molecule has 0 aliphatic carbocycles. The van der Waals surface area contributed by atoms with Crippen molar-refractivity contribution in [1.82, 2.24) is 0 Å². The summed E-state index contributed by atoms with van der Waals surface area (Å²) in [6, 6.07) is 9.25. The second-order valence-corrected chi connectivity index (χ2v) is 11.5. The minimum absolute atomic E-state index is 0.101. The van der Waals surface area contributed by atoms with Gasteiger partial charge in [-0.25, -0.2) is 13.6 Å². The molecule has 1 unspecified atom stereocenters. The average Bonchev–Trinajstić information content (AvgIpc) is 2.67. The SMILES string of the molecule is CCO[Si](OCC)(OCC)C(CC)c1cc(S(N)(=O)=O)c2cccc(N(C)C)c2c1. The van der Waals surface area contributed by atoms with Gasteiger partial charge in [0.05, 0.1) is 10.4 Å². The minimum atomic E-state index is -3.94. The largest absolute Gasteiger partial charge is 0.508 e. The average molecular weight is 455 g/mol. The van der Waals surface area contributed by atoms with E-state index in [0.29, 0.717) is 31.6 Å². The van der Waals surface area contributed by atoms with Gasteiger partial charge in [-0.3, -0.25) is 0 Å². The predicted octanol–water partition coefficient (Wildman–Crippen LogP) is 3.63. The molecule has 0 radical (unpaired) electrons. The Hall–Kier alpha value is -1.49. The first-order chi connectivity index (χ1) is 14.1. The lowest BCUT2D eigenvalue weighted by molar-refractivity contribution is 0.0611. The Morgan fingerprint density at radius 2 is 1.53 bits per heavy atom. The van der Waals surface area contributed by atoms with Crippen LogP contribution in [0.4, 0.5) is 5.69 Å². The third kappa shape index (κ3) is 5.04. The van der Waals surface area contributed by atoms with Gasteiger partial charge in [0.2, 0.25) is 10.0 Å². The highest BCUT2D eigenvalue weighted by atomic mass is 32.2. The van der Waals surface area contributed by atoms with Gasteiger partial charge >= 0.3 is 8.80 Å². The number of nitrogens with zero attached hydrogens (tertiary/aromatic N) is 1. The maximum Gasteiger partial charge on any atom is 0.508 e. The van der Waals surface area contributed by atoms with E-state index >= 15 is 0 Å². The van der Waals surface area contributed by atoms with Crippen LogP contribution in [0.1, 0.15) is 45.2 Å². The van der Waals surface area contributed by atoms with Crippen molar-refractivity contribution in [3.05, 3.63) is 35.9 Å². The molecule has 0 spiro atoms. The first kappa shape index (κ1) is 24.8. The number of primary sulfonamides is 1. The van der Waals surface area contributed by atoms with Crippen LogP contribution in [-0.2, 0) is 23.3 Å². The van der Waals surface area contributed by atoms with Crippen LogP contribution in [-0.4, -0.2) is 51.1 Å². The lowest BCUT2D eigenvalue weighted by Gasteiger charge is -2.35. The molecule has 0 heterocycles. The standard InChI is InChI=1S/C21H34N2O5SSi/c1-7-21(30(26-8-2,27-9-3)28-10-4)16-14-18-17(20(15-16)29(22,24)25)12-11-13-19(18)23(5)6/h11-15,21H,7-10H2,1-6H3,(H2,22,24,25). The van der Waals surface area contributed by atoms with E-state index in [0.717, 1.165) is 16.6 Å². The molecule has 30 heavy (non-hydrogen) atoms. The summed E-state index contributed by atoms with van der Waals surface area (Å²) in [6.45, 7) is 9.10. The molecule has 2 aromatic rings. The molecule has 0 fully saturated rings. The molecule has 0 aliphatic heterocycles. The molecule has 0 amide bonds. The van der Waals surface area contributed by atoms with E-state index < -0.39 is 18.8 Å². The van der Waals surface area contributed by atoms with E-state index in [-0.39, 0.29) is 10.4 Å². The topological polar surface area (TPSA) is 91.1 Å². The Labute approximate surface area is 181 Å². The van der Waals surface area contributed by atoms with Gasteiger partial charge in [0, 0.05) is 50.4 Å². The van der Waals surface area contributed by atoms with Crippen LogP contribution < -0.4 is 10.0 Å². The van der Waals surface area contributed by atoms with Gasteiger partial charge in [-0.1, -0.05) is 19.1 Å². The smallest absolute Gasteiger partial charge is 0.377 e. The highest BCUT2D eigenvalue weighted by Crippen LogP contribution is 2.38. The van der Waals surface area contributed by atoms with E-state index in [1.165, 1.54) is 0 Å². The van der Waals surface area contributed by atoms with Crippen molar-refractivity contribution in [2.45, 2.75) is 44.6 Å². The first-order valence-corrected chi connectivity index (χ1v) is 13.7. The van der Waals surface area contributed by atoms with Crippen LogP contribution in [0.15, 0.2) is 35.2 Å². The quantitative estimate of drug-likeness (QED) is 0.521. The lowest BCUT2D eigenvalue weighted by Crippen LogP contribution is -2.52. The number of hydrogen-bond acceptors (Lipinski definition) is 6. The molecular weight excluding hydrogens is 420 g/mol. The van der Waals surface area contributed by atoms with Crippen molar-refractivity contribution in [1.29, 1.82) is 0 Å². The van der Waals surface area contributed by atoms with Crippen LogP contribution >= 0.6 is 0 Å². The first-order valence-electron chi connectivity index (χ1n) is 10.3. The maximum absolute atomic E-state index is 12.5. The summed E-state index contributed by atoms with van der Waals surface area (Å²) in [7, 11) is -3.22. The van der Waals surface area contributed by atoms with Gasteiger partial charge in [-0.15, -0.1) is 0 Å². The Kier molecular flexibility index (Phi) is 8.43. The molecule has 168 valence electrons. The van der Waals surface area contributed by atoms with Gasteiger partial charge in [0.15, 0.2) is 0 Å². The normalized spacial score (nSPS) is 13.6. The highest BCUT2D eigenvalue weighted by molar-refractivity contribution is 7.89. The van der Waals surface area contributed by atoms with Gasteiger partial charge in [-0.2, -0.15) is 0 Å². The second kappa shape index (κ2) is 10.2. The van der Waals surface area contributed by atoms with Gasteiger partial charge in [-0.05, 0) is 51.0 Å². The Balaban J connectivity index is 2.87. The molecule has 2 N–H and O–H groups in total. The van der Waals surface area contributed by atoms with Crippen molar-refractivity contribution in [3.8, 4) is 0 Å². The molecule has 2 rings (SSSR count). The van der Waals surface area contributed by atoms with Crippen molar-refractivity contribution in [2.24, 2.45) is 5.14 Å². The fourth-order valence-corrected chi connectivity index (χ4v) is 7.82. The number of anilines is 1. The second-order valence-electron chi connectivity index (χ2n) is 7.19. The number of sulfonamides is 1. The van der Waals surface area contributed by atoms with E-state index in [4.69, 9.17) is 18.4 Å². The molecule has 1 atom stereocenters. The number of benzene rings is 2. The van der Waals surface area contributed by atoms with Crippen LogP contribution in [0, 0.1) is 0 Å². The van der Waals surface area contributed by atoms with Crippen molar-refractivity contribution >= 4 is 35.3 Å². The molecular formula is C21H34N2O5SSi. The molecule has 0 saturated carbocycles. The zero-order valence-electron chi connectivity index (χ0n) is 18.8. The fraction of sp³-hybridized carbons (Fsp3) is 0.524. The van der Waals surface area contributed by atoms with Gasteiger partial charge < -0.3 is 18.2 Å². The van der Waals surface area contributed by atoms with Gasteiger partial charge in [0.1, 0.15) is 0 Å². The zero-order valence-corrected chi connectivity index (χ0v) is 20.6. The highest BCUT2D eigenvalue weighted by Gasteiger charge is 2.49. The summed E-state index contributed by atoms with van der Waals surface area (Å²) in [5.74, 6) is 0. The van der Waals surface area contributed by atoms with Gasteiger partial charge in [0.25, 0.3) is 0 Å². The zero-order chi connectivity index (χ0) is 22.5.